The molecule has 0 rings (SSSR count). The van der Waals surface area contributed by atoms with Crippen molar-refractivity contribution in [3.63, 3.8) is 0 Å². The van der Waals surface area contributed by atoms with Crippen LogP contribution in [-0.2, 0) is 0 Å². The van der Waals surface area contributed by atoms with Gasteiger partial charge in [0.15, 0.2) is 0 Å². The number of unbranched alkanes of at least 4 members (excludes halogenated alkanes) is 1. The van der Waals surface area contributed by atoms with E-state index in [1.54, 1.807) is 0 Å². The van der Waals surface area contributed by atoms with Gasteiger partial charge in [-0.05, 0) is 24.8 Å². The molecule has 0 fully saturated rings. The first-order valence-corrected chi connectivity index (χ1v) is 6.82. The summed E-state index contributed by atoms with van der Waals surface area (Å²) in [6.07, 6.45) is 6.71. The summed E-state index contributed by atoms with van der Waals surface area (Å²) >= 11 is 0. The van der Waals surface area contributed by atoms with Crippen LogP contribution >= 0.6 is 0 Å². The van der Waals surface area contributed by atoms with Gasteiger partial charge in [0.1, 0.15) is 0 Å². The Balaban J connectivity index is -0.000000376. The van der Waals surface area contributed by atoms with Crippen molar-refractivity contribution in [2.24, 2.45) is 0 Å². The Bertz CT molecular complexity index is 151. The van der Waals surface area contributed by atoms with Crippen molar-refractivity contribution < 1.29 is 0 Å². The molecule has 0 aromatic rings. The van der Waals surface area contributed by atoms with E-state index in [1.807, 2.05) is 40.8 Å². The molecule has 0 saturated carbocycles. The van der Waals surface area contributed by atoms with Crippen molar-refractivity contribution in [3.05, 3.63) is 23.9 Å². The third-order valence-electron chi connectivity index (χ3n) is 2.09. The first kappa shape index (κ1) is 20.7. The molecule has 0 aliphatic heterocycles. The minimum atomic E-state index is 1.07. The van der Waals surface area contributed by atoms with E-state index < -0.39 is 0 Å². The summed E-state index contributed by atoms with van der Waals surface area (Å²) < 4.78 is 0. The van der Waals surface area contributed by atoms with E-state index in [2.05, 4.69) is 25.7 Å². The van der Waals surface area contributed by atoms with Gasteiger partial charge in [-0.15, -0.1) is 0 Å². The summed E-state index contributed by atoms with van der Waals surface area (Å²) in [5.74, 6) is 0. The zero-order chi connectivity index (χ0) is 13.4. The van der Waals surface area contributed by atoms with Gasteiger partial charge in [0.2, 0.25) is 0 Å². The maximum absolute atomic E-state index is 3.83. The third-order valence-corrected chi connectivity index (χ3v) is 2.09. The molecular formula is C15H33N. The molecule has 98 valence electrons. The summed E-state index contributed by atoms with van der Waals surface area (Å²) in [5.41, 5.74) is 2.71. The maximum Gasteiger partial charge on any atom is 0.0134 e. The molecule has 1 N–H and O–H groups in total. The molecule has 0 heterocycles. The molecule has 0 atom stereocenters. The molecule has 0 bridgehead atoms. The Labute approximate surface area is 104 Å². The van der Waals surface area contributed by atoms with Crippen LogP contribution in [0.3, 0.4) is 0 Å². The predicted octanol–water partition coefficient (Wildman–Crippen LogP) is 5.30. The van der Waals surface area contributed by atoms with Gasteiger partial charge in [-0.3, -0.25) is 0 Å². The van der Waals surface area contributed by atoms with Crippen molar-refractivity contribution in [2.75, 3.05) is 7.05 Å². The van der Waals surface area contributed by atoms with Crippen molar-refractivity contribution >= 4 is 0 Å². The number of allylic oxidation sites excluding steroid dienone is 3. The van der Waals surface area contributed by atoms with E-state index in [9.17, 15) is 0 Å². The van der Waals surface area contributed by atoms with Crippen LogP contribution < -0.4 is 5.32 Å². The predicted molar refractivity (Wildman–Crippen MR) is 78.8 cm³/mol. The molecule has 16 heavy (non-hydrogen) atoms. The van der Waals surface area contributed by atoms with Gasteiger partial charge < -0.3 is 5.32 Å². The standard InChI is InChI=1S/C11H21N.2C2H6/c1-5-8-9-10(6-2)11(7-3)12-4;2*1-2/h6,12H,2,5,7-9H2,1,3-4H3;2*1-2H3/b11-10+;;. The molecule has 0 amide bonds. The molecule has 0 spiro atoms. The fraction of sp³-hybridized carbons (Fsp3) is 0.733. The first-order chi connectivity index (χ1) is 7.79. The van der Waals surface area contributed by atoms with Crippen LogP contribution in [0.2, 0.25) is 0 Å². The van der Waals surface area contributed by atoms with Gasteiger partial charge in [-0.25, -0.2) is 0 Å². The van der Waals surface area contributed by atoms with Crippen LogP contribution in [0.15, 0.2) is 23.9 Å². The fourth-order valence-electron chi connectivity index (χ4n) is 1.31. The summed E-state index contributed by atoms with van der Waals surface area (Å²) in [7, 11) is 1.98. The van der Waals surface area contributed by atoms with Gasteiger partial charge in [-0.2, -0.15) is 0 Å². The molecule has 0 aliphatic rings. The van der Waals surface area contributed by atoms with E-state index in [4.69, 9.17) is 0 Å². The second kappa shape index (κ2) is 19.8. The second-order valence-electron chi connectivity index (χ2n) is 2.92. The van der Waals surface area contributed by atoms with Crippen LogP contribution in [0, 0.1) is 0 Å². The Hall–Kier alpha value is -0.720. The number of hydrogen-bond acceptors (Lipinski definition) is 1. The maximum atomic E-state index is 3.83. The minimum Gasteiger partial charge on any atom is -0.391 e. The lowest BCUT2D eigenvalue weighted by Crippen LogP contribution is -2.07. The molecule has 0 unspecified atom stereocenters. The quantitative estimate of drug-likeness (QED) is 0.607. The highest BCUT2D eigenvalue weighted by molar-refractivity contribution is 5.22. The van der Waals surface area contributed by atoms with Crippen LogP contribution in [0.1, 0.15) is 67.2 Å². The van der Waals surface area contributed by atoms with Crippen LogP contribution in [0.25, 0.3) is 0 Å². The normalized spacial score (nSPS) is 9.94. The Morgan fingerprint density at radius 1 is 1.12 bits per heavy atom. The Morgan fingerprint density at radius 2 is 1.62 bits per heavy atom. The van der Waals surface area contributed by atoms with Crippen LogP contribution in [0.4, 0.5) is 0 Å². The summed E-state index contributed by atoms with van der Waals surface area (Å²) in [6.45, 7) is 16.2. The fourth-order valence-corrected chi connectivity index (χ4v) is 1.31. The molecular weight excluding hydrogens is 194 g/mol. The van der Waals surface area contributed by atoms with Crippen LogP contribution in [-0.4, -0.2) is 7.05 Å². The molecule has 1 heteroatoms. The average molecular weight is 227 g/mol. The molecule has 1 nitrogen and oxygen atoms in total. The Morgan fingerprint density at radius 3 is 1.88 bits per heavy atom. The lowest BCUT2D eigenvalue weighted by Gasteiger charge is -2.09. The number of rotatable bonds is 6. The lowest BCUT2D eigenvalue weighted by molar-refractivity contribution is 0.769. The smallest absolute Gasteiger partial charge is 0.0134 e. The van der Waals surface area contributed by atoms with E-state index in [1.165, 1.54) is 24.1 Å². The highest BCUT2D eigenvalue weighted by Crippen LogP contribution is 2.13. The van der Waals surface area contributed by atoms with Crippen molar-refractivity contribution in [1.29, 1.82) is 0 Å². The largest absolute Gasteiger partial charge is 0.391 e. The van der Waals surface area contributed by atoms with E-state index >= 15 is 0 Å². The molecule has 0 saturated heterocycles. The SMILES string of the molecule is C=C/C(CCCC)=C(/CC)NC.CC.CC. The second-order valence-corrected chi connectivity index (χ2v) is 2.92. The van der Waals surface area contributed by atoms with Gasteiger partial charge in [0.25, 0.3) is 0 Å². The highest BCUT2D eigenvalue weighted by atomic mass is 14.8. The molecule has 0 radical (unpaired) electrons. The monoisotopic (exact) mass is 227 g/mol. The van der Waals surface area contributed by atoms with Crippen LogP contribution in [0.5, 0.6) is 0 Å². The van der Waals surface area contributed by atoms with Gasteiger partial charge in [0.05, 0.1) is 0 Å². The molecule has 0 aromatic carbocycles. The molecule has 0 aromatic heterocycles. The minimum absolute atomic E-state index is 1.07. The summed E-state index contributed by atoms with van der Waals surface area (Å²) in [4.78, 5) is 0. The van der Waals surface area contributed by atoms with Crippen molar-refractivity contribution in [3.8, 4) is 0 Å². The van der Waals surface area contributed by atoms with Gasteiger partial charge in [0, 0.05) is 12.7 Å². The number of nitrogens with one attached hydrogen (secondary N) is 1. The van der Waals surface area contributed by atoms with E-state index in [0.717, 1.165) is 12.8 Å². The average Bonchev–Trinajstić information content (AvgIpc) is 2.39. The highest BCUT2D eigenvalue weighted by Gasteiger charge is 1.98. The zero-order valence-corrected chi connectivity index (χ0v) is 12.6. The van der Waals surface area contributed by atoms with Crippen molar-refractivity contribution in [2.45, 2.75) is 67.2 Å². The number of hydrogen-bond donors (Lipinski definition) is 1. The van der Waals surface area contributed by atoms with E-state index in [0.29, 0.717) is 0 Å². The van der Waals surface area contributed by atoms with Crippen molar-refractivity contribution in [1.82, 2.24) is 5.32 Å². The Kier molecular flexibility index (Phi) is 25.6. The van der Waals surface area contributed by atoms with E-state index in [-0.39, 0.29) is 0 Å². The lowest BCUT2D eigenvalue weighted by atomic mass is 10.1. The van der Waals surface area contributed by atoms with Gasteiger partial charge in [-0.1, -0.05) is 60.6 Å². The van der Waals surface area contributed by atoms with Gasteiger partial charge >= 0.3 is 0 Å². The molecule has 0 aliphatic carbocycles. The zero-order valence-electron chi connectivity index (χ0n) is 12.6. The third kappa shape index (κ3) is 11.4. The topological polar surface area (TPSA) is 12.0 Å². The summed E-state index contributed by atoms with van der Waals surface area (Å²) in [5, 5.41) is 3.22. The first-order valence-electron chi connectivity index (χ1n) is 6.82. The summed E-state index contributed by atoms with van der Waals surface area (Å²) in [6, 6.07) is 0.